The maximum absolute atomic E-state index is 12.5. The van der Waals surface area contributed by atoms with Crippen molar-refractivity contribution in [3.63, 3.8) is 0 Å². The van der Waals surface area contributed by atoms with E-state index in [0.29, 0.717) is 6.42 Å². The fourth-order valence-corrected chi connectivity index (χ4v) is 3.87. The molecule has 0 aliphatic heterocycles. The van der Waals surface area contributed by atoms with Gasteiger partial charge in [-0.15, -0.1) is 0 Å². The number of hydrogen-bond donors (Lipinski definition) is 3. The maximum atomic E-state index is 12.5. The molecule has 3 N–H and O–H groups in total. The number of carbonyl (C=O) groups is 3. The van der Waals surface area contributed by atoms with Gasteiger partial charge >= 0.3 is 12.1 Å². The van der Waals surface area contributed by atoms with Crippen LogP contribution in [0, 0.1) is 5.92 Å². The Balaban J connectivity index is 1.64. The molecule has 2 amide bonds. The van der Waals surface area contributed by atoms with Gasteiger partial charge in [0.1, 0.15) is 12.6 Å². The molecule has 0 saturated heterocycles. The zero-order valence-corrected chi connectivity index (χ0v) is 17.8. The summed E-state index contributed by atoms with van der Waals surface area (Å²) >= 11 is 0. The topological polar surface area (TPSA) is 105 Å². The molecule has 0 spiro atoms. The molecule has 31 heavy (non-hydrogen) atoms. The lowest BCUT2D eigenvalue weighted by molar-refractivity contribution is -0.137. The first kappa shape index (κ1) is 22.3. The van der Waals surface area contributed by atoms with Crippen LogP contribution >= 0.6 is 0 Å². The van der Waals surface area contributed by atoms with Crippen molar-refractivity contribution in [3.8, 4) is 11.1 Å². The summed E-state index contributed by atoms with van der Waals surface area (Å²) in [5.41, 5.74) is 4.51. The average Bonchev–Trinajstić information content (AvgIpc) is 3.09. The number of amides is 2. The average molecular weight is 424 g/mol. The minimum absolute atomic E-state index is 0.00741. The van der Waals surface area contributed by atoms with E-state index in [2.05, 4.69) is 22.8 Å². The maximum Gasteiger partial charge on any atom is 0.407 e. The lowest BCUT2D eigenvalue weighted by atomic mass is 9.98. The molecule has 1 aliphatic carbocycles. The highest BCUT2D eigenvalue weighted by molar-refractivity contribution is 5.86. The first-order chi connectivity index (χ1) is 14.9. The predicted octanol–water partition coefficient (Wildman–Crippen LogP) is 3.53. The van der Waals surface area contributed by atoms with Crippen LogP contribution in [0.3, 0.4) is 0 Å². The number of carboxylic acids is 1. The molecule has 0 bridgehead atoms. The van der Waals surface area contributed by atoms with Crippen LogP contribution in [-0.2, 0) is 14.3 Å². The van der Waals surface area contributed by atoms with Crippen molar-refractivity contribution in [2.75, 3.05) is 13.2 Å². The molecule has 0 saturated carbocycles. The summed E-state index contributed by atoms with van der Waals surface area (Å²) in [6.07, 6.45) is -0.176. The normalized spacial score (nSPS) is 14.1. The third-order valence-corrected chi connectivity index (χ3v) is 5.75. The molecule has 0 heterocycles. The van der Waals surface area contributed by atoms with Gasteiger partial charge < -0.3 is 20.5 Å². The lowest BCUT2D eigenvalue weighted by Crippen LogP contribution is -2.50. The first-order valence-corrected chi connectivity index (χ1v) is 10.5. The van der Waals surface area contributed by atoms with E-state index >= 15 is 0 Å². The number of fused-ring (bicyclic) bond motifs is 3. The van der Waals surface area contributed by atoms with Crippen LogP contribution in [0.25, 0.3) is 11.1 Å². The summed E-state index contributed by atoms with van der Waals surface area (Å²) in [7, 11) is 0. The van der Waals surface area contributed by atoms with Crippen molar-refractivity contribution in [1.82, 2.24) is 10.6 Å². The standard InChI is InChI=1S/C24H28N2O5/c1-3-15(2)22(23(29)25-13-12-21(27)28)26-24(30)31-14-20-18-10-6-4-8-16(18)17-9-5-7-11-19(17)20/h4-11,15,20,22H,3,12-14H2,1-2H3,(H,25,29)(H,26,30)(H,27,28). The van der Waals surface area contributed by atoms with Gasteiger partial charge in [0.2, 0.25) is 5.91 Å². The Morgan fingerprint density at radius 3 is 2.16 bits per heavy atom. The number of aliphatic carboxylic acids is 1. The van der Waals surface area contributed by atoms with Crippen LogP contribution < -0.4 is 10.6 Å². The van der Waals surface area contributed by atoms with Crippen molar-refractivity contribution in [1.29, 1.82) is 0 Å². The summed E-state index contributed by atoms with van der Waals surface area (Å²) in [4.78, 5) is 35.7. The second-order valence-electron chi connectivity index (χ2n) is 7.77. The molecule has 7 nitrogen and oxygen atoms in total. The van der Waals surface area contributed by atoms with Gasteiger partial charge in [0.05, 0.1) is 6.42 Å². The van der Waals surface area contributed by atoms with Gasteiger partial charge in [-0.1, -0.05) is 68.8 Å². The molecular formula is C24H28N2O5. The van der Waals surface area contributed by atoms with E-state index in [1.54, 1.807) is 0 Å². The van der Waals surface area contributed by atoms with Crippen molar-refractivity contribution in [2.24, 2.45) is 5.92 Å². The van der Waals surface area contributed by atoms with Gasteiger partial charge in [0, 0.05) is 12.5 Å². The Labute approximate surface area is 181 Å². The van der Waals surface area contributed by atoms with Crippen LogP contribution in [0.4, 0.5) is 4.79 Å². The van der Waals surface area contributed by atoms with E-state index in [4.69, 9.17) is 9.84 Å². The minimum Gasteiger partial charge on any atom is -0.481 e. The molecule has 0 aromatic heterocycles. The second kappa shape index (κ2) is 10.1. The minimum atomic E-state index is -0.995. The Kier molecular flexibility index (Phi) is 7.28. The van der Waals surface area contributed by atoms with E-state index in [-0.39, 0.29) is 31.4 Å². The summed E-state index contributed by atoms with van der Waals surface area (Å²) in [5, 5.41) is 14.0. The van der Waals surface area contributed by atoms with Gasteiger partial charge in [-0.2, -0.15) is 0 Å². The highest BCUT2D eigenvalue weighted by Crippen LogP contribution is 2.44. The van der Waals surface area contributed by atoms with E-state index in [0.717, 1.165) is 22.3 Å². The van der Waals surface area contributed by atoms with E-state index in [9.17, 15) is 14.4 Å². The zero-order chi connectivity index (χ0) is 22.4. The Morgan fingerprint density at radius 1 is 1.03 bits per heavy atom. The van der Waals surface area contributed by atoms with Gasteiger partial charge in [-0.25, -0.2) is 4.79 Å². The van der Waals surface area contributed by atoms with Crippen LogP contribution in [0.2, 0.25) is 0 Å². The number of nitrogens with one attached hydrogen (secondary N) is 2. The van der Waals surface area contributed by atoms with Gasteiger partial charge in [-0.05, 0) is 28.2 Å². The van der Waals surface area contributed by atoms with Gasteiger partial charge in [0.25, 0.3) is 0 Å². The molecule has 0 radical (unpaired) electrons. The molecule has 2 atom stereocenters. The fraction of sp³-hybridized carbons (Fsp3) is 0.375. The molecule has 2 unspecified atom stereocenters. The quantitative estimate of drug-likeness (QED) is 0.571. The third kappa shape index (κ3) is 5.23. The van der Waals surface area contributed by atoms with E-state index < -0.39 is 24.0 Å². The summed E-state index contributed by atoms with van der Waals surface area (Å²) in [6, 6.07) is 15.3. The zero-order valence-electron chi connectivity index (χ0n) is 17.8. The number of alkyl carbamates (subject to hydrolysis) is 1. The monoisotopic (exact) mass is 424 g/mol. The molecule has 7 heteroatoms. The summed E-state index contributed by atoms with van der Waals surface area (Å²) in [6.45, 7) is 3.94. The fourth-order valence-electron chi connectivity index (χ4n) is 3.87. The van der Waals surface area contributed by atoms with Gasteiger partial charge in [-0.3, -0.25) is 9.59 Å². The SMILES string of the molecule is CCC(C)C(NC(=O)OCC1c2ccccc2-c2ccccc21)C(=O)NCCC(=O)O. The van der Waals surface area contributed by atoms with Crippen molar-refractivity contribution >= 4 is 18.0 Å². The second-order valence-corrected chi connectivity index (χ2v) is 7.77. The molecule has 3 rings (SSSR count). The van der Waals surface area contributed by atoms with Crippen LogP contribution in [-0.4, -0.2) is 42.3 Å². The largest absolute Gasteiger partial charge is 0.481 e. The summed E-state index contributed by atoms with van der Waals surface area (Å²) < 4.78 is 5.53. The Morgan fingerprint density at radius 2 is 1.61 bits per heavy atom. The molecule has 164 valence electrons. The van der Waals surface area contributed by atoms with Crippen LogP contribution in [0.15, 0.2) is 48.5 Å². The van der Waals surface area contributed by atoms with Crippen molar-refractivity contribution in [2.45, 2.75) is 38.6 Å². The highest BCUT2D eigenvalue weighted by atomic mass is 16.5. The molecule has 0 fully saturated rings. The van der Waals surface area contributed by atoms with Crippen molar-refractivity contribution < 1.29 is 24.2 Å². The molecule has 1 aliphatic rings. The Hall–Kier alpha value is -3.35. The number of carbonyl (C=O) groups excluding carboxylic acids is 2. The smallest absolute Gasteiger partial charge is 0.407 e. The number of hydrogen-bond acceptors (Lipinski definition) is 4. The summed E-state index contributed by atoms with van der Waals surface area (Å²) in [5.74, 6) is -1.61. The predicted molar refractivity (Wildman–Crippen MR) is 117 cm³/mol. The molecule has 2 aromatic carbocycles. The van der Waals surface area contributed by atoms with E-state index in [1.807, 2.05) is 50.2 Å². The molecular weight excluding hydrogens is 396 g/mol. The highest BCUT2D eigenvalue weighted by Gasteiger charge is 2.30. The number of carboxylic acid groups (broad SMARTS) is 1. The number of ether oxygens (including phenoxy) is 1. The van der Waals surface area contributed by atoms with Crippen LogP contribution in [0.1, 0.15) is 43.7 Å². The van der Waals surface area contributed by atoms with Gasteiger partial charge in [0.15, 0.2) is 0 Å². The van der Waals surface area contributed by atoms with E-state index in [1.165, 1.54) is 0 Å². The number of rotatable bonds is 9. The lowest BCUT2D eigenvalue weighted by Gasteiger charge is -2.23. The Bertz CT molecular complexity index is 913. The third-order valence-electron chi connectivity index (χ3n) is 5.75. The molecule has 2 aromatic rings. The van der Waals surface area contributed by atoms with Crippen molar-refractivity contribution in [3.05, 3.63) is 59.7 Å². The number of benzene rings is 2. The first-order valence-electron chi connectivity index (χ1n) is 10.5. The van der Waals surface area contributed by atoms with Crippen LogP contribution in [0.5, 0.6) is 0 Å².